The summed E-state index contributed by atoms with van der Waals surface area (Å²) in [6, 6.07) is -0.783. The molecule has 1 aliphatic carbocycles. The van der Waals surface area contributed by atoms with Crippen LogP contribution >= 0.6 is 0 Å². The lowest BCUT2D eigenvalue weighted by Gasteiger charge is -2.43. The minimum atomic E-state index is -2.48. The third kappa shape index (κ3) is 18.3. The first-order valence-electron chi connectivity index (χ1n) is 28.8. The number of cyclic esters (lactones) is 1. The molecule has 1 unspecified atom stereocenters. The van der Waals surface area contributed by atoms with Crippen molar-refractivity contribution in [2.24, 2.45) is 35.5 Å². The van der Waals surface area contributed by atoms with Crippen LogP contribution < -0.4 is 0 Å². The predicted octanol–water partition coefficient (Wildman–Crippen LogP) is 6.68. The number of ether oxygens (including phenoxy) is 7. The summed E-state index contributed by atoms with van der Waals surface area (Å²) < 4.78 is 42.3. The molecule has 17 heteroatoms. The second-order valence-electron chi connectivity index (χ2n) is 23.1. The first-order chi connectivity index (χ1) is 36.7. The minimum Gasteiger partial charge on any atom is -0.460 e. The number of carbonyl (C=O) groups excluding carboxylic acids is 5. The van der Waals surface area contributed by atoms with E-state index in [9.17, 15) is 39.3 Å². The third-order valence-corrected chi connectivity index (χ3v) is 17.0. The molecule has 4 heterocycles. The molecule has 17 nitrogen and oxygen atoms in total. The number of methoxy groups -OCH3 is 2. The fraction of sp³-hybridized carbons (Fsp3) is 0.783. The van der Waals surface area contributed by atoms with Crippen LogP contribution in [0.25, 0.3) is 0 Å². The number of aliphatic hydroxyl groups excluding tert-OH is 2. The molecule has 3 saturated heterocycles. The Balaban J connectivity index is 1.41. The number of piperidine rings is 1. The van der Waals surface area contributed by atoms with Crippen molar-refractivity contribution in [2.45, 2.75) is 199 Å². The van der Waals surface area contributed by atoms with E-state index < -0.39 is 77.8 Å². The van der Waals surface area contributed by atoms with Gasteiger partial charge < -0.3 is 53.4 Å². The van der Waals surface area contributed by atoms with Gasteiger partial charge in [0.25, 0.3) is 11.7 Å². The number of esters is 1. The Kier molecular flexibility index (Phi) is 26.3. The molecular formula is C60H96N2O15. The van der Waals surface area contributed by atoms with Crippen molar-refractivity contribution in [1.29, 1.82) is 0 Å². The van der Waals surface area contributed by atoms with Gasteiger partial charge in [-0.1, -0.05) is 71.1 Å². The number of morpholine rings is 1. The maximum absolute atomic E-state index is 14.6. The van der Waals surface area contributed by atoms with Crippen LogP contribution in [-0.4, -0.2) is 182 Å². The summed E-state index contributed by atoms with van der Waals surface area (Å²) in [4.78, 5) is 75.4. The molecule has 5 rings (SSSR count). The minimum absolute atomic E-state index is 0.0100. The van der Waals surface area contributed by atoms with E-state index in [2.05, 4.69) is 11.8 Å². The van der Waals surface area contributed by atoms with Crippen LogP contribution in [0.5, 0.6) is 0 Å². The van der Waals surface area contributed by atoms with Gasteiger partial charge in [0.15, 0.2) is 5.78 Å². The highest BCUT2D eigenvalue weighted by Gasteiger charge is 2.53. The van der Waals surface area contributed by atoms with Gasteiger partial charge in [0.05, 0.1) is 50.8 Å². The van der Waals surface area contributed by atoms with Crippen LogP contribution in [0.3, 0.4) is 0 Å². The van der Waals surface area contributed by atoms with Crippen molar-refractivity contribution in [3.05, 3.63) is 47.6 Å². The van der Waals surface area contributed by atoms with Crippen LogP contribution in [0.2, 0.25) is 0 Å². The molecule has 1 saturated carbocycles. The predicted molar refractivity (Wildman–Crippen MR) is 291 cm³/mol. The van der Waals surface area contributed by atoms with Crippen molar-refractivity contribution in [1.82, 2.24) is 9.80 Å². The molecule has 77 heavy (non-hydrogen) atoms. The largest absolute Gasteiger partial charge is 0.460 e. The normalized spacial score (nSPS) is 38.4. The lowest BCUT2D eigenvalue weighted by atomic mass is 9.78. The molecule has 2 bridgehead atoms. The zero-order valence-corrected chi connectivity index (χ0v) is 48.1. The lowest BCUT2D eigenvalue weighted by molar-refractivity contribution is -0.266. The Morgan fingerprint density at radius 1 is 0.844 bits per heavy atom. The lowest BCUT2D eigenvalue weighted by Crippen LogP contribution is -2.61. The summed E-state index contributed by atoms with van der Waals surface area (Å²) in [7, 11) is 3.09. The summed E-state index contributed by atoms with van der Waals surface area (Å²) in [5.41, 5.74) is 1.19. The molecular weight excluding hydrogens is 989 g/mol. The van der Waals surface area contributed by atoms with Gasteiger partial charge in [-0.25, -0.2) is 4.79 Å². The van der Waals surface area contributed by atoms with Crippen molar-refractivity contribution in [3.8, 4) is 0 Å². The van der Waals surface area contributed by atoms with Crippen molar-refractivity contribution in [3.63, 3.8) is 0 Å². The highest BCUT2D eigenvalue weighted by Crippen LogP contribution is 2.38. The van der Waals surface area contributed by atoms with Crippen LogP contribution in [0.4, 0.5) is 0 Å². The Bertz CT molecular complexity index is 2040. The molecule has 16 atom stereocenters. The summed E-state index contributed by atoms with van der Waals surface area (Å²) in [6.45, 7) is 18.7. The molecule has 0 spiro atoms. The summed E-state index contributed by atoms with van der Waals surface area (Å²) in [5, 5.41) is 33.4. The van der Waals surface area contributed by atoms with E-state index in [4.69, 9.17) is 33.2 Å². The topological polar surface area (TPSA) is 217 Å². The fourth-order valence-electron chi connectivity index (χ4n) is 12.0. The van der Waals surface area contributed by atoms with E-state index in [1.165, 1.54) is 12.0 Å². The van der Waals surface area contributed by atoms with Gasteiger partial charge >= 0.3 is 5.97 Å². The van der Waals surface area contributed by atoms with Gasteiger partial charge in [0.2, 0.25) is 5.79 Å². The molecule has 436 valence electrons. The number of nitrogens with zero attached hydrogens (tertiary/aromatic N) is 2. The number of carbonyl (C=O) groups is 5. The molecule has 0 aromatic heterocycles. The number of amides is 1. The second-order valence-corrected chi connectivity index (χ2v) is 23.1. The van der Waals surface area contributed by atoms with Gasteiger partial charge in [-0.2, -0.15) is 0 Å². The Hall–Kier alpha value is -3.49. The maximum atomic E-state index is 14.6. The maximum Gasteiger partial charge on any atom is 0.329 e. The molecule has 1 amide bonds. The SMILES string of the molecule is CO[C@@H]1C[C@H](CC(C)[C@@H]2CC(=O)[C@H](C)/C=C(\C)[C@@H](O)[C@@H](OC)C(=O)[C@H](C)C[C@H](C)/C=C/C=C/C=C(\C)[C@@H](OCCO)C[C@@H]3CC[C@@H](C)[C@@](O)(O3)C(=O)C(=O)N3CCCC[C@H]3C(=O)O2)CC[C@H]1OCCCN1CCOC[C@H]1C. The van der Waals surface area contributed by atoms with E-state index >= 15 is 0 Å². The number of fused-ring (bicyclic) bond motifs is 3. The van der Waals surface area contributed by atoms with Gasteiger partial charge in [-0.15, -0.1) is 0 Å². The summed E-state index contributed by atoms with van der Waals surface area (Å²) in [5.74, 6) is -8.09. The fourth-order valence-corrected chi connectivity index (χ4v) is 12.0. The Morgan fingerprint density at radius 3 is 2.32 bits per heavy atom. The van der Waals surface area contributed by atoms with E-state index in [0.29, 0.717) is 63.2 Å². The average Bonchev–Trinajstić information content (AvgIpc) is 3.41. The molecule has 0 aromatic carbocycles. The number of hydrogen-bond donors (Lipinski definition) is 3. The first kappa shape index (κ1) is 64.3. The Labute approximate surface area is 459 Å². The smallest absolute Gasteiger partial charge is 0.329 e. The quantitative estimate of drug-likeness (QED) is 0.0759. The van der Waals surface area contributed by atoms with E-state index in [1.807, 2.05) is 58.1 Å². The van der Waals surface area contributed by atoms with Crippen LogP contribution in [0, 0.1) is 35.5 Å². The molecule has 3 N–H and O–H groups in total. The number of allylic oxidation sites excluding steroid dienone is 6. The van der Waals surface area contributed by atoms with Crippen molar-refractivity contribution in [2.75, 3.05) is 66.9 Å². The number of aliphatic hydroxyl groups is 3. The third-order valence-electron chi connectivity index (χ3n) is 17.0. The van der Waals surface area contributed by atoms with Crippen LogP contribution in [0.1, 0.15) is 139 Å². The van der Waals surface area contributed by atoms with E-state index in [-0.39, 0.29) is 80.5 Å². The monoisotopic (exact) mass is 1080 g/mol. The highest BCUT2D eigenvalue weighted by atomic mass is 16.6. The zero-order valence-electron chi connectivity index (χ0n) is 48.1. The van der Waals surface area contributed by atoms with Crippen LogP contribution in [0.15, 0.2) is 47.6 Å². The molecule has 4 fully saturated rings. The first-order valence-corrected chi connectivity index (χ1v) is 28.8. The molecule has 0 aromatic rings. The summed E-state index contributed by atoms with van der Waals surface area (Å²) >= 11 is 0. The van der Waals surface area contributed by atoms with Gasteiger partial charge in [-0.05, 0) is 120 Å². The van der Waals surface area contributed by atoms with Gasteiger partial charge in [0, 0.05) is 77.1 Å². The molecule has 4 aliphatic heterocycles. The number of ketones is 3. The highest BCUT2D eigenvalue weighted by molar-refractivity contribution is 6.39. The second kappa shape index (κ2) is 31.5. The van der Waals surface area contributed by atoms with Gasteiger partial charge in [0.1, 0.15) is 30.1 Å². The summed E-state index contributed by atoms with van der Waals surface area (Å²) in [6.07, 6.45) is 12.7. The Morgan fingerprint density at radius 2 is 1.61 bits per heavy atom. The van der Waals surface area contributed by atoms with Gasteiger partial charge in [-0.3, -0.25) is 24.1 Å². The molecule has 0 radical (unpaired) electrons. The van der Waals surface area contributed by atoms with Crippen LogP contribution in [-0.2, 0) is 57.1 Å². The molecule has 5 aliphatic rings. The number of hydrogen-bond acceptors (Lipinski definition) is 16. The van der Waals surface area contributed by atoms with E-state index in [0.717, 1.165) is 51.1 Å². The zero-order chi connectivity index (χ0) is 56.4. The van der Waals surface area contributed by atoms with Crippen molar-refractivity contribution >= 4 is 29.2 Å². The standard InChI is InChI=1S/C60H96N2O15/c1-38-17-12-11-13-18-39(2)51(75-30-27-63)35-47-22-20-44(7)60(70,77-47)57(67)58(68)62-25-15-14-19-48(62)59(69)76-52(36-49(64)40(3)32-43(6)55(66)56(72-10)54(65)42(5)31-38)41(4)33-46-21-23-50(53(34-46)71-9)74-28-16-24-61-26-29-73-37-45(61)8/h11-13,17-18,32,38,40-42,44-48,50-53,55-56,63,66,70H,14-16,19-31,33-37H2,1-10H3/b13-11+,17-12+,39-18+,43-32+/t38-,40-,41?,42-,44-,45-,46+,47+,48+,50-,51+,52+,53-,55-,56+,60-/m1/s1. The average molecular weight is 1090 g/mol. The van der Waals surface area contributed by atoms with Crippen molar-refractivity contribution < 1.29 is 72.5 Å². The van der Waals surface area contributed by atoms with E-state index in [1.54, 1.807) is 34.0 Å². The number of rotatable bonds is 13. The number of Topliss-reactive ketones (excluding diaryl/α,β-unsaturated/α-hetero) is 3.